The molecule has 0 saturated carbocycles. The van der Waals surface area contributed by atoms with Crippen LogP contribution in [0.15, 0.2) is 12.1 Å². The highest BCUT2D eigenvalue weighted by Crippen LogP contribution is 2.25. The highest BCUT2D eigenvalue weighted by atomic mass is 35.5. The number of rotatable bonds is 3. The van der Waals surface area contributed by atoms with E-state index in [1.165, 1.54) is 6.42 Å². The van der Waals surface area contributed by atoms with Crippen LogP contribution in [0.25, 0.3) is 0 Å². The molecule has 1 fully saturated rings. The Labute approximate surface area is 131 Å². The Morgan fingerprint density at radius 3 is 2.71 bits per heavy atom. The zero-order valence-corrected chi connectivity index (χ0v) is 13.7. The fraction of sp³-hybridized carbons (Fsp3) is 0.562. The molecule has 0 bridgehead atoms. The molecule has 2 rings (SSSR count). The molecule has 0 radical (unpaired) electrons. The quantitative estimate of drug-likeness (QED) is 0.864. The van der Waals surface area contributed by atoms with Gasteiger partial charge in [0.05, 0.1) is 0 Å². The van der Waals surface area contributed by atoms with Crippen molar-refractivity contribution in [3.63, 3.8) is 0 Å². The van der Waals surface area contributed by atoms with E-state index in [1.54, 1.807) is 0 Å². The van der Waals surface area contributed by atoms with E-state index in [-0.39, 0.29) is 12.8 Å². The summed E-state index contributed by atoms with van der Waals surface area (Å²) in [5.41, 5.74) is 1.95. The number of amides is 2. The van der Waals surface area contributed by atoms with Crippen LogP contribution in [0.1, 0.15) is 30.9 Å². The molecule has 1 aliphatic heterocycles. The third kappa shape index (κ3) is 4.27. The van der Waals surface area contributed by atoms with Gasteiger partial charge in [0.25, 0.3) is 0 Å². The number of halogens is 1. The lowest BCUT2D eigenvalue weighted by atomic mass is 10.0. The first-order valence-electron chi connectivity index (χ1n) is 7.39. The van der Waals surface area contributed by atoms with E-state index in [0.29, 0.717) is 5.92 Å². The predicted molar refractivity (Wildman–Crippen MR) is 84.9 cm³/mol. The first-order chi connectivity index (χ1) is 9.97. The van der Waals surface area contributed by atoms with E-state index in [0.717, 1.165) is 41.4 Å². The zero-order chi connectivity index (χ0) is 15.4. The van der Waals surface area contributed by atoms with Crippen LogP contribution in [0.4, 0.5) is 4.79 Å². The molecule has 1 aliphatic rings. The van der Waals surface area contributed by atoms with Gasteiger partial charge in [0.1, 0.15) is 5.75 Å². The fourth-order valence-electron chi connectivity index (χ4n) is 2.66. The lowest BCUT2D eigenvalue weighted by molar-refractivity contribution is 0.160. The van der Waals surface area contributed by atoms with Gasteiger partial charge in [-0.15, -0.1) is 0 Å². The first-order valence-corrected chi connectivity index (χ1v) is 7.77. The Hall–Kier alpha value is -1.42. The molecule has 0 spiro atoms. The fourth-order valence-corrected chi connectivity index (χ4v) is 2.77. The number of urea groups is 1. The largest absolute Gasteiger partial charge is 0.473 e. The minimum absolute atomic E-state index is 0.0519. The summed E-state index contributed by atoms with van der Waals surface area (Å²) in [6.45, 7) is 7.88. The molecule has 0 aromatic heterocycles. The Morgan fingerprint density at radius 1 is 1.43 bits per heavy atom. The van der Waals surface area contributed by atoms with Crippen LogP contribution in [-0.2, 0) is 0 Å². The van der Waals surface area contributed by atoms with Crippen molar-refractivity contribution in [2.75, 3.05) is 19.8 Å². The summed E-state index contributed by atoms with van der Waals surface area (Å²) in [6, 6.07) is 3.71. The minimum Gasteiger partial charge on any atom is -0.473 e. The van der Waals surface area contributed by atoms with Crippen molar-refractivity contribution in [1.29, 1.82) is 0 Å². The van der Waals surface area contributed by atoms with Crippen LogP contribution in [0.3, 0.4) is 0 Å². The van der Waals surface area contributed by atoms with E-state index in [4.69, 9.17) is 16.3 Å². The molecule has 0 aliphatic carbocycles. The second-order valence-corrected chi connectivity index (χ2v) is 6.21. The van der Waals surface area contributed by atoms with Crippen LogP contribution in [0.5, 0.6) is 5.75 Å². The number of carbonyl (C=O) groups is 1. The maximum Gasteiger partial charge on any atom is 0.320 e. The third-order valence-electron chi connectivity index (χ3n) is 3.82. The van der Waals surface area contributed by atoms with Crippen molar-refractivity contribution in [2.24, 2.45) is 5.92 Å². The molecular formula is C16H23ClN2O2. The topological polar surface area (TPSA) is 41.6 Å². The predicted octanol–water partition coefficient (Wildman–Crippen LogP) is 3.73. The number of benzene rings is 1. The van der Waals surface area contributed by atoms with Crippen molar-refractivity contribution in [3.05, 3.63) is 28.3 Å². The molecule has 1 heterocycles. The summed E-state index contributed by atoms with van der Waals surface area (Å²) in [5.74, 6) is 1.30. The summed E-state index contributed by atoms with van der Waals surface area (Å²) >= 11 is 6.12. The Balaban J connectivity index is 1.82. The number of hydrogen-bond acceptors (Lipinski definition) is 2. The molecule has 2 amide bonds. The number of carbonyl (C=O) groups excluding carboxylic acids is 1. The molecule has 1 atom stereocenters. The number of ether oxygens (including phenoxy) is 1. The summed E-state index contributed by atoms with van der Waals surface area (Å²) in [4.78, 5) is 13.9. The second-order valence-electron chi connectivity index (χ2n) is 5.84. The maximum absolute atomic E-state index is 12.0. The van der Waals surface area contributed by atoms with Gasteiger partial charge in [0.15, 0.2) is 6.73 Å². The smallest absolute Gasteiger partial charge is 0.320 e. The minimum atomic E-state index is -0.0519. The van der Waals surface area contributed by atoms with Gasteiger partial charge in [-0.1, -0.05) is 18.5 Å². The Morgan fingerprint density at radius 2 is 2.10 bits per heavy atom. The average Bonchev–Trinajstić information content (AvgIpc) is 2.44. The van der Waals surface area contributed by atoms with Gasteiger partial charge < -0.3 is 15.0 Å². The molecule has 21 heavy (non-hydrogen) atoms. The monoisotopic (exact) mass is 310 g/mol. The van der Waals surface area contributed by atoms with Gasteiger partial charge in [0, 0.05) is 18.1 Å². The Bertz CT molecular complexity index is 496. The van der Waals surface area contributed by atoms with E-state index < -0.39 is 0 Å². The summed E-state index contributed by atoms with van der Waals surface area (Å²) in [7, 11) is 0. The van der Waals surface area contributed by atoms with Gasteiger partial charge in [-0.05, 0) is 55.9 Å². The normalized spacial score (nSPS) is 18.5. The molecule has 116 valence electrons. The molecule has 5 heteroatoms. The molecule has 1 aromatic rings. The maximum atomic E-state index is 12.0. The van der Waals surface area contributed by atoms with E-state index in [9.17, 15) is 4.79 Å². The van der Waals surface area contributed by atoms with E-state index in [1.807, 2.05) is 30.9 Å². The Kier molecular flexibility index (Phi) is 5.34. The summed E-state index contributed by atoms with van der Waals surface area (Å²) < 4.78 is 5.59. The van der Waals surface area contributed by atoms with Gasteiger partial charge in [-0.3, -0.25) is 0 Å². The number of nitrogens with zero attached hydrogens (tertiary/aromatic N) is 1. The van der Waals surface area contributed by atoms with E-state index >= 15 is 0 Å². The van der Waals surface area contributed by atoms with Gasteiger partial charge in [-0.25, -0.2) is 4.79 Å². The van der Waals surface area contributed by atoms with Crippen LogP contribution < -0.4 is 10.1 Å². The molecule has 1 N–H and O–H groups in total. The highest BCUT2D eigenvalue weighted by Gasteiger charge is 2.20. The molecular weight excluding hydrogens is 288 g/mol. The van der Waals surface area contributed by atoms with Crippen LogP contribution in [0, 0.1) is 19.8 Å². The average molecular weight is 311 g/mol. The standard InChI is InChI=1S/C16H23ClN2O2/c1-11-5-4-6-19(9-11)16(20)18-10-21-14-7-12(2)15(17)13(3)8-14/h7-8,11H,4-6,9-10H2,1-3H3,(H,18,20). The van der Waals surface area contributed by atoms with Crippen LogP contribution >= 0.6 is 11.6 Å². The number of hydrogen-bond donors (Lipinski definition) is 1. The lowest BCUT2D eigenvalue weighted by Gasteiger charge is -2.30. The van der Waals surface area contributed by atoms with Crippen LogP contribution in [-0.4, -0.2) is 30.8 Å². The highest BCUT2D eigenvalue weighted by molar-refractivity contribution is 6.32. The van der Waals surface area contributed by atoms with Crippen molar-refractivity contribution >= 4 is 17.6 Å². The number of nitrogens with one attached hydrogen (secondary N) is 1. The zero-order valence-electron chi connectivity index (χ0n) is 12.9. The molecule has 1 saturated heterocycles. The van der Waals surface area contributed by atoms with Crippen molar-refractivity contribution in [1.82, 2.24) is 10.2 Å². The summed E-state index contributed by atoms with van der Waals surface area (Å²) in [6.07, 6.45) is 2.27. The van der Waals surface area contributed by atoms with Crippen molar-refractivity contribution in [2.45, 2.75) is 33.6 Å². The van der Waals surface area contributed by atoms with Gasteiger partial charge in [0.2, 0.25) is 0 Å². The third-order valence-corrected chi connectivity index (χ3v) is 4.41. The van der Waals surface area contributed by atoms with Gasteiger partial charge in [-0.2, -0.15) is 0 Å². The SMILES string of the molecule is Cc1cc(OCNC(=O)N2CCCC(C)C2)cc(C)c1Cl. The number of aryl methyl sites for hydroxylation is 2. The van der Waals surface area contributed by atoms with Gasteiger partial charge >= 0.3 is 6.03 Å². The second kappa shape index (κ2) is 7.03. The molecule has 1 unspecified atom stereocenters. The van der Waals surface area contributed by atoms with Crippen LogP contribution in [0.2, 0.25) is 5.02 Å². The molecule has 1 aromatic carbocycles. The van der Waals surface area contributed by atoms with Crippen molar-refractivity contribution in [3.8, 4) is 5.75 Å². The molecule has 4 nitrogen and oxygen atoms in total. The van der Waals surface area contributed by atoms with E-state index in [2.05, 4.69) is 12.2 Å². The van der Waals surface area contributed by atoms with Crippen molar-refractivity contribution < 1.29 is 9.53 Å². The number of likely N-dealkylation sites (tertiary alicyclic amines) is 1. The first kappa shape index (κ1) is 16.0. The number of piperidine rings is 1. The lowest BCUT2D eigenvalue weighted by Crippen LogP contribution is -2.46. The summed E-state index contributed by atoms with van der Waals surface area (Å²) in [5, 5.41) is 3.56.